The smallest absolute Gasteiger partial charge is 0.181 e. The summed E-state index contributed by atoms with van der Waals surface area (Å²) in [4.78, 5) is 16.6. The van der Waals surface area contributed by atoms with Crippen molar-refractivity contribution in [2.45, 2.75) is 32.1 Å². The second kappa shape index (κ2) is 4.50. The molecule has 0 radical (unpaired) electrons. The molecule has 1 aliphatic rings. The van der Waals surface area contributed by atoms with Crippen molar-refractivity contribution in [1.82, 2.24) is 20.9 Å². The average molecular weight is 254 g/mol. The average Bonchev–Trinajstić information content (AvgIpc) is 2.81. The third-order valence-corrected chi connectivity index (χ3v) is 3.14. The highest BCUT2D eigenvalue weighted by atomic mass is 32.2. The van der Waals surface area contributed by atoms with Gasteiger partial charge in [-0.1, -0.05) is 0 Å². The minimum atomic E-state index is -0.296. The highest BCUT2D eigenvalue weighted by Crippen LogP contribution is 2.28. The van der Waals surface area contributed by atoms with Gasteiger partial charge < -0.3 is 0 Å². The normalized spacial score (nSPS) is 17.7. The summed E-state index contributed by atoms with van der Waals surface area (Å²) < 4.78 is 0. The summed E-state index contributed by atoms with van der Waals surface area (Å²) in [5.41, 5.74) is 3.60. The van der Waals surface area contributed by atoms with E-state index < -0.39 is 0 Å². The van der Waals surface area contributed by atoms with Gasteiger partial charge in [0.15, 0.2) is 11.5 Å². The van der Waals surface area contributed by atoms with Gasteiger partial charge in [-0.15, -0.1) is 11.8 Å². The maximum atomic E-state index is 11.2. The van der Waals surface area contributed by atoms with Gasteiger partial charge in [-0.05, 0) is 19.9 Å². The molecular formula is C10H14N4O2S. The minimum absolute atomic E-state index is 0.0840. The van der Waals surface area contributed by atoms with Crippen LogP contribution in [0.1, 0.15) is 37.0 Å². The summed E-state index contributed by atoms with van der Waals surface area (Å²) in [5, 5.41) is 11.2. The first kappa shape index (κ1) is 12.1. The van der Waals surface area contributed by atoms with Crippen LogP contribution in [0, 0.1) is 0 Å². The molecule has 17 heavy (non-hydrogen) atoms. The summed E-state index contributed by atoms with van der Waals surface area (Å²) in [5.74, 6) is 0.489. The van der Waals surface area contributed by atoms with Crippen LogP contribution in [0.4, 0.5) is 0 Å². The van der Waals surface area contributed by atoms with E-state index in [4.69, 9.17) is 4.84 Å². The first-order chi connectivity index (χ1) is 7.98. The molecule has 1 aromatic rings. The van der Waals surface area contributed by atoms with Crippen LogP contribution in [0.15, 0.2) is 11.1 Å². The van der Waals surface area contributed by atoms with Gasteiger partial charge in [-0.3, -0.25) is 15.1 Å². The maximum absolute atomic E-state index is 11.2. The molecule has 2 rings (SSSR count). The van der Waals surface area contributed by atoms with Gasteiger partial charge in [0.1, 0.15) is 11.3 Å². The zero-order chi connectivity index (χ0) is 12.5. The Labute approximate surface area is 103 Å². The first-order valence-corrected chi connectivity index (χ1v) is 6.17. The van der Waals surface area contributed by atoms with Gasteiger partial charge in [0.05, 0.1) is 5.03 Å². The van der Waals surface area contributed by atoms with E-state index in [1.54, 1.807) is 0 Å². The van der Waals surface area contributed by atoms with Crippen LogP contribution < -0.4 is 5.48 Å². The van der Waals surface area contributed by atoms with E-state index in [1.807, 2.05) is 19.9 Å². The van der Waals surface area contributed by atoms with Crippen LogP contribution in [0.5, 0.6) is 0 Å². The molecule has 0 aromatic carbocycles. The molecule has 0 amide bonds. The van der Waals surface area contributed by atoms with E-state index in [1.165, 1.54) is 18.7 Å². The summed E-state index contributed by atoms with van der Waals surface area (Å²) in [6, 6.07) is 0. The van der Waals surface area contributed by atoms with Crippen molar-refractivity contribution in [3.05, 3.63) is 22.5 Å². The number of hydrogen-bond donors (Lipinski definition) is 2. The topological polar surface area (TPSA) is 79.9 Å². The molecule has 0 saturated carbocycles. The highest BCUT2D eigenvalue weighted by molar-refractivity contribution is 8.02. The Balaban J connectivity index is 1.99. The van der Waals surface area contributed by atoms with E-state index in [-0.39, 0.29) is 11.4 Å². The standard InChI is InChI=1S/C10H14N4O2S/c1-6(15)9-7(11-14-12-9)5-17-8-4-10(2,3)16-13-8/h4,13H,5H2,1-3H3,(H,11,12,14). The first-order valence-electron chi connectivity index (χ1n) is 5.18. The number of thioether (sulfide) groups is 1. The number of nitrogens with zero attached hydrogens (tertiary/aromatic N) is 2. The zero-order valence-corrected chi connectivity index (χ0v) is 10.7. The SMILES string of the molecule is CC(=O)c1n[nH]nc1CSC1=CC(C)(C)ON1. The molecule has 0 unspecified atom stereocenters. The summed E-state index contributed by atoms with van der Waals surface area (Å²) in [6.07, 6.45) is 1.99. The molecule has 0 saturated heterocycles. The van der Waals surface area contributed by atoms with Gasteiger partial charge in [-0.2, -0.15) is 15.4 Å². The lowest BCUT2D eigenvalue weighted by Gasteiger charge is -2.11. The quantitative estimate of drug-likeness (QED) is 0.790. The lowest BCUT2D eigenvalue weighted by atomic mass is 10.1. The van der Waals surface area contributed by atoms with Crippen LogP contribution in [0.2, 0.25) is 0 Å². The molecular weight excluding hydrogens is 240 g/mol. The van der Waals surface area contributed by atoms with E-state index >= 15 is 0 Å². The second-order valence-electron chi connectivity index (χ2n) is 4.28. The van der Waals surface area contributed by atoms with Crippen molar-refractivity contribution in [2.24, 2.45) is 0 Å². The van der Waals surface area contributed by atoms with Crippen LogP contribution in [0.3, 0.4) is 0 Å². The number of hydrogen-bond acceptors (Lipinski definition) is 6. The van der Waals surface area contributed by atoms with Crippen LogP contribution >= 0.6 is 11.8 Å². The molecule has 7 heteroatoms. The van der Waals surface area contributed by atoms with Gasteiger partial charge >= 0.3 is 0 Å². The number of rotatable bonds is 4. The largest absolute Gasteiger partial charge is 0.293 e. The molecule has 0 fully saturated rings. The molecule has 2 N–H and O–H groups in total. The Morgan fingerprint density at radius 1 is 1.53 bits per heavy atom. The Kier molecular flexibility index (Phi) is 3.21. The fourth-order valence-corrected chi connectivity index (χ4v) is 2.37. The maximum Gasteiger partial charge on any atom is 0.181 e. The summed E-state index contributed by atoms with van der Waals surface area (Å²) in [6.45, 7) is 5.40. The third kappa shape index (κ3) is 2.86. The van der Waals surface area contributed by atoms with Crippen molar-refractivity contribution in [3.63, 3.8) is 0 Å². The zero-order valence-electron chi connectivity index (χ0n) is 9.90. The number of H-pyrrole nitrogens is 1. The van der Waals surface area contributed by atoms with Crippen LogP contribution in [-0.2, 0) is 10.6 Å². The minimum Gasteiger partial charge on any atom is -0.293 e. The molecule has 92 valence electrons. The number of ketones is 1. The van der Waals surface area contributed by atoms with Crippen molar-refractivity contribution in [2.75, 3.05) is 0 Å². The molecule has 0 atom stereocenters. The van der Waals surface area contributed by atoms with Crippen molar-refractivity contribution < 1.29 is 9.63 Å². The van der Waals surface area contributed by atoms with Crippen molar-refractivity contribution >= 4 is 17.5 Å². The van der Waals surface area contributed by atoms with Crippen LogP contribution in [0.25, 0.3) is 0 Å². The molecule has 0 aliphatic carbocycles. The fourth-order valence-electron chi connectivity index (χ4n) is 1.41. The summed E-state index contributed by atoms with van der Waals surface area (Å²) in [7, 11) is 0. The molecule has 1 aromatic heterocycles. The van der Waals surface area contributed by atoms with E-state index in [0.717, 1.165) is 5.03 Å². The number of aromatic amines is 1. The molecule has 1 aliphatic heterocycles. The number of carbonyl (C=O) groups excluding carboxylic acids is 1. The third-order valence-electron chi connectivity index (χ3n) is 2.21. The van der Waals surface area contributed by atoms with Gasteiger partial charge in [0.25, 0.3) is 0 Å². The Morgan fingerprint density at radius 2 is 2.29 bits per heavy atom. The van der Waals surface area contributed by atoms with Crippen molar-refractivity contribution in [3.8, 4) is 0 Å². The Hall–Kier alpha value is -1.34. The number of nitrogens with one attached hydrogen (secondary N) is 2. The number of aromatic nitrogens is 3. The van der Waals surface area contributed by atoms with E-state index in [2.05, 4.69) is 20.9 Å². The predicted octanol–water partition coefficient (Wildman–Crippen LogP) is 1.40. The molecule has 6 nitrogen and oxygen atoms in total. The lowest BCUT2D eigenvalue weighted by molar-refractivity contribution is -0.0126. The number of Topliss-reactive ketones (excluding diaryl/α,β-unsaturated/α-hetero) is 1. The lowest BCUT2D eigenvalue weighted by Crippen LogP contribution is -2.20. The van der Waals surface area contributed by atoms with Gasteiger partial charge in [-0.25, -0.2) is 0 Å². The predicted molar refractivity (Wildman–Crippen MR) is 64.1 cm³/mol. The molecule has 2 heterocycles. The van der Waals surface area contributed by atoms with Crippen molar-refractivity contribution in [1.29, 1.82) is 0 Å². The van der Waals surface area contributed by atoms with Crippen LogP contribution in [-0.4, -0.2) is 26.8 Å². The Morgan fingerprint density at radius 3 is 2.88 bits per heavy atom. The van der Waals surface area contributed by atoms with Gasteiger partial charge in [0, 0.05) is 12.7 Å². The van der Waals surface area contributed by atoms with E-state index in [9.17, 15) is 4.79 Å². The monoisotopic (exact) mass is 254 g/mol. The number of hydroxylamine groups is 1. The number of carbonyl (C=O) groups is 1. The molecule has 0 spiro atoms. The highest BCUT2D eigenvalue weighted by Gasteiger charge is 2.24. The second-order valence-corrected chi connectivity index (χ2v) is 5.30. The van der Waals surface area contributed by atoms with E-state index in [0.29, 0.717) is 17.1 Å². The van der Waals surface area contributed by atoms with Gasteiger partial charge in [0.2, 0.25) is 0 Å². The summed E-state index contributed by atoms with van der Waals surface area (Å²) >= 11 is 1.53. The molecule has 0 bridgehead atoms. The Bertz CT molecular complexity index is 467. The fraction of sp³-hybridized carbons (Fsp3) is 0.500.